The van der Waals surface area contributed by atoms with Crippen LogP contribution in [-0.4, -0.2) is 6.26 Å². The second-order valence-electron chi connectivity index (χ2n) is 4.95. The first-order valence-corrected chi connectivity index (χ1v) is 8.52. The van der Waals surface area contributed by atoms with Gasteiger partial charge in [0.2, 0.25) is 0 Å². The number of thioether (sulfide) groups is 1. The molecule has 2 heteroatoms. The fourth-order valence-electron chi connectivity index (χ4n) is 2.37. The van der Waals surface area contributed by atoms with Gasteiger partial charge in [0.05, 0.1) is 6.04 Å². The predicted octanol–water partition coefficient (Wildman–Crippen LogP) is 5.75. The average Bonchev–Trinajstić information content (AvgIpc) is 2.52. The van der Waals surface area contributed by atoms with Crippen LogP contribution in [0.3, 0.4) is 0 Å². The standard InChI is InChI=1S/C18H23NS/c1-3-4-12-16(15-10-6-5-7-11-15)19-17-13-8-9-14-18(17)20-2/h5-11,13-14,16,19H,3-4,12H2,1-2H3. The zero-order chi connectivity index (χ0) is 14.2. The molecule has 0 saturated carbocycles. The van der Waals surface area contributed by atoms with Crippen LogP contribution in [0.25, 0.3) is 0 Å². The summed E-state index contributed by atoms with van der Waals surface area (Å²) in [6.07, 6.45) is 5.77. The van der Waals surface area contributed by atoms with Gasteiger partial charge < -0.3 is 5.32 Å². The molecule has 0 fully saturated rings. The third-order valence-electron chi connectivity index (χ3n) is 3.49. The van der Waals surface area contributed by atoms with E-state index in [9.17, 15) is 0 Å². The summed E-state index contributed by atoms with van der Waals surface area (Å²) in [5.74, 6) is 0. The van der Waals surface area contributed by atoms with Crippen molar-refractivity contribution >= 4 is 17.4 Å². The summed E-state index contributed by atoms with van der Waals surface area (Å²) in [4.78, 5) is 1.31. The maximum atomic E-state index is 3.73. The van der Waals surface area contributed by atoms with Gasteiger partial charge in [0.1, 0.15) is 0 Å². The smallest absolute Gasteiger partial charge is 0.0514 e. The van der Waals surface area contributed by atoms with Gasteiger partial charge in [0.15, 0.2) is 0 Å². The molecule has 0 radical (unpaired) electrons. The molecule has 0 aliphatic heterocycles. The molecule has 0 aliphatic rings. The Morgan fingerprint density at radius 3 is 2.40 bits per heavy atom. The summed E-state index contributed by atoms with van der Waals surface area (Å²) in [5.41, 5.74) is 2.61. The second-order valence-corrected chi connectivity index (χ2v) is 5.80. The van der Waals surface area contributed by atoms with Crippen LogP contribution < -0.4 is 5.32 Å². The van der Waals surface area contributed by atoms with Crippen molar-refractivity contribution in [3.8, 4) is 0 Å². The van der Waals surface area contributed by atoms with Crippen molar-refractivity contribution in [1.29, 1.82) is 0 Å². The molecule has 0 aliphatic carbocycles. The lowest BCUT2D eigenvalue weighted by Crippen LogP contribution is -2.11. The lowest BCUT2D eigenvalue weighted by atomic mass is 10.0. The Bertz CT molecular complexity index is 510. The van der Waals surface area contributed by atoms with E-state index in [1.54, 1.807) is 11.8 Å². The van der Waals surface area contributed by atoms with Crippen molar-refractivity contribution in [2.45, 2.75) is 37.1 Å². The lowest BCUT2D eigenvalue weighted by molar-refractivity contribution is 0.633. The van der Waals surface area contributed by atoms with Crippen LogP contribution in [0.2, 0.25) is 0 Å². The molecule has 0 amide bonds. The molecule has 2 rings (SSSR count). The van der Waals surface area contributed by atoms with E-state index in [-0.39, 0.29) is 0 Å². The molecule has 1 atom stereocenters. The number of para-hydroxylation sites is 1. The number of rotatable bonds is 7. The molecule has 0 spiro atoms. The molecular weight excluding hydrogens is 262 g/mol. The third kappa shape index (κ3) is 4.04. The van der Waals surface area contributed by atoms with Gasteiger partial charge >= 0.3 is 0 Å². The highest BCUT2D eigenvalue weighted by atomic mass is 32.2. The quantitative estimate of drug-likeness (QED) is 0.650. The van der Waals surface area contributed by atoms with E-state index in [2.05, 4.69) is 73.1 Å². The first kappa shape index (κ1) is 15.0. The third-order valence-corrected chi connectivity index (χ3v) is 4.28. The van der Waals surface area contributed by atoms with Gasteiger partial charge in [-0.05, 0) is 30.4 Å². The number of hydrogen-bond donors (Lipinski definition) is 1. The van der Waals surface area contributed by atoms with Crippen molar-refractivity contribution in [3.05, 3.63) is 60.2 Å². The molecule has 0 bridgehead atoms. The summed E-state index contributed by atoms with van der Waals surface area (Å²) in [7, 11) is 0. The minimum Gasteiger partial charge on any atom is -0.377 e. The monoisotopic (exact) mass is 285 g/mol. The van der Waals surface area contributed by atoms with Crippen molar-refractivity contribution in [2.75, 3.05) is 11.6 Å². The van der Waals surface area contributed by atoms with Crippen molar-refractivity contribution in [2.24, 2.45) is 0 Å². The Hall–Kier alpha value is -1.41. The largest absolute Gasteiger partial charge is 0.377 e. The molecule has 1 nitrogen and oxygen atoms in total. The van der Waals surface area contributed by atoms with E-state index >= 15 is 0 Å². The normalized spacial score (nSPS) is 12.1. The van der Waals surface area contributed by atoms with Gasteiger partial charge in [-0.3, -0.25) is 0 Å². The Morgan fingerprint density at radius 2 is 1.70 bits per heavy atom. The molecule has 106 valence electrons. The average molecular weight is 285 g/mol. The molecule has 1 unspecified atom stereocenters. The number of hydrogen-bond acceptors (Lipinski definition) is 2. The Labute approximate surface area is 126 Å². The van der Waals surface area contributed by atoms with Crippen LogP contribution in [0.15, 0.2) is 59.5 Å². The maximum absolute atomic E-state index is 3.73. The van der Waals surface area contributed by atoms with E-state index in [1.807, 2.05) is 0 Å². The SMILES string of the molecule is CCCCC(Nc1ccccc1SC)c1ccccc1. The van der Waals surface area contributed by atoms with Gasteiger partial charge in [0.25, 0.3) is 0 Å². The van der Waals surface area contributed by atoms with Crippen molar-refractivity contribution < 1.29 is 0 Å². The highest BCUT2D eigenvalue weighted by Gasteiger charge is 2.12. The maximum Gasteiger partial charge on any atom is 0.0514 e. The van der Waals surface area contributed by atoms with E-state index in [0.717, 1.165) is 0 Å². The lowest BCUT2D eigenvalue weighted by Gasteiger charge is -2.22. The molecule has 1 N–H and O–H groups in total. The number of nitrogens with one attached hydrogen (secondary N) is 1. The first-order valence-electron chi connectivity index (χ1n) is 7.29. The van der Waals surface area contributed by atoms with E-state index in [1.165, 1.54) is 35.4 Å². The van der Waals surface area contributed by atoms with Crippen LogP contribution in [0.5, 0.6) is 0 Å². The van der Waals surface area contributed by atoms with Gasteiger partial charge in [-0.25, -0.2) is 0 Å². The zero-order valence-corrected chi connectivity index (χ0v) is 13.1. The second kappa shape index (κ2) is 8.01. The summed E-state index contributed by atoms with van der Waals surface area (Å²) in [5, 5.41) is 3.73. The van der Waals surface area contributed by atoms with E-state index in [0.29, 0.717) is 6.04 Å². The molecular formula is C18H23NS. The highest BCUT2D eigenvalue weighted by Crippen LogP contribution is 2.30. The fraction of sp³-hybridized carbons (Fsp3) is 0.333. The molecule has 0 aromatic heterocycles. The summed E-state index contributed by atoms with van der Waals surface area (Å²) in [6.45, 7) is 2.25. The topological polar surface area (TPSA) is 12.0 Å². The highest BCUT2D eigenvalue weighted by molar-refractivity contribution is 7.98. The minimum absolute atomic E-state index is 0.393. The van der Waals surface area contributed by atoms with Crippen LogP contribution in [-0.2, 0) is 0 Å². The minimum atomic E-state index is 0.393. The van der Waals surface area contributed by atoms with E-state index in [4.69, 9.17) is 0 Å². The number of anilines is 1. The van der Waals surface area contributed by atoms with Crippen LogP contribution in [0, 0.1) is 0 Å². The summed E-state index contributed by atoms with van der Waals surface area (Å²) < 4.78 is 0. The van der Waals surface area contributed by atoms with Crippen molar-refractivity contribution in [1.82, 2.24) is 0 Å². The van der Waals surface area contributed by atoms with Crippen LogP contribution >= 0.6 is 11.8 Å². The van der Waals surface area contributed by atoms with E-state index < -0.39 is 0 Å². The Morgan fingerprint density at radius 1 is 1.00 bits per heavy atom. The molecule has 2 aromatic carbocycles. The molecule has 2 aromatic rings. The zero-order valence-electron chi connectivity index (χ0n) is 12.3. The van der Waals surface area contributed by atoms with Gasteiger partial charge in [0, 0.05) is 10.6 Å². The summed E-state index contributed by atoms with van der Waals surface area (Å²) in [6, 6.07) is 19.7. The van der Waals surface area contributed by atoms with Crippen LogP contribution in [0.4, 0.5) is 5.69 Å². The molecule has 0 saturated heterocycles. The molecule has 20 heavy (non-hydrogen) atoms. The predicted molar refractivity (Wildman–Crippen MR) is 90.6 cm³/mol. The summed E-state index contributed by atoms with van der Waals surface area (Å²) >= 11 is 1.79. The van der Waals surface area contributed by atoms with Gasteiger partial charge in [-0.2, -0.15) is 0 Å². The number of benzene rings is 2. The van der Waals surface area contributed by atoms with Gasteiger partial charge in [-0.1, -0.05) is 62.2 Å². The Kier molecular flexibility index (Phi) is 6.00. The van der Waals surface area contributed by atoms with Crippen LogP contribution in [0.1, 0.15) is 37.8 Å². The first-order chi connectivity index (χ1) is 9.85. The van der Waals surface area contributed by atoms with Gasteiger partial charge in [-0.15, -0.1) is 11.8 Å². The fourth-order valence-corrected chi connectivity index (χ4v) is 2.93. The Balaban J connectivity index is 2.19. The molecule has 0 heterocycles. The number of unbranched alkanes of at least 4 members (excludes halogenated alkanes) is 1. The van der Waals surface area contributed by atoms with Crippen molar-refractivity contribution in [3.63, 3.8) is 0 Å².